The van der Waals surface area contributed by atoms with Gasteiger partial charge >= 0.3 is 11.9 Å². The second-order valence-electron chi connectivity index (χ2n) is 11.6. The maximum Gasteiger partial charge on any atom is 0.330 e. The summed E-state index contributed by atoms with van der Waals surface area (Å²) in [5.41, 5.74) is 2.37. The van der Waals surface area contributed by atoms with Crippen LogP contribution in [0.25, 0.3) is 10.9 Å². The second-order valence-corrected chi connectivity index (χ2v) is 12.0. The predicted octanol–water partition coefficient (Wildman–Crippen LogP) is 6.62. The molecule has 1 aromatic heterocycles. The monoisotopic (exact) mass is 597 g/mol. The Kier molecular flexibility index (Phi) is 9.01. The highest BCUT2D eigenvalue weighted by Crippen LogP contribution is 2.35. The van der Waals surface area contributed by atoms with Gasteiger partial charge in [0.05, 0.1) is 28.3 Å². The fourth-order valence-corrected chi connectivity index (χ4v) is 6.29. The van der Waals surface area contributed by atoms with E-state index in [4.69, 9.17) is 16.3 Å². The average Bonchev–Trinajstić information content (AvgIpc) is 3.64. The van der Waals surface area contributed by atoms with Crippen molar-refractivity contribution in [1.82, 2.24) is 9.47 Å². The molecule has 2 aromatic carbocycles. The number of anilines is 1. The zero-order valence-corrected chi connectivity index (χ0v) is 24.7. The number of aromatic nitrogens is 1. The molecule has 3 aromatic rings. The molecule has 1 atom stereocenters. The number of hydrogen-bond donors (Lipinski definition) is 2. The number of Topliss-reactive ketones (excluding diaryl/α,β-unsaturated/α-hetero) is 1. The zero-order chi connectivity index (χ0) is 30.0. The molecule has 1 amide bonds. The van der Waals surface area contributed by atoms with E-state index in [0.29, 0.717) is 55.6 Å². The third kappa shape index (κ3) is 6.23. The van der Waals surface area contributed by atoms with Crippen molar-refractivity contribution in [2.75, 3.05) is 18.4 Å². The number of alkyl halides is 1. The predicted molar refractivity (Wildman–Crippen MR) is 160 cm³/mol. The van der Waals surface area contributed by atoms with Crippen molar-refractivity contribution >= 4 is 45.9 Å². The molecule has 8 nitrogen and oxygen atoms in total. The molecule has 2 heterocycles. The number of ketones is 1. The second kappa shape index (κ2) is 12.5. The molecule has 5 rings (SSSR count). The lowest BCUT2D eigenvalue weighted by Gasteiger charge is -2.37. The number of carboxylic acid groups (broad SMARTS) is 1. The van der Waals surface area contributed by atoms with E-state index < -0.39 is 29.8 Å². The number of likely N-dealkylation sites (tertiary alicyclic amines) is 1. The van der Waals surface area contributed by atoms with E-state index in [1.54, 1.807) is 18.2 Å². The van der Waals surface area contributed by atoms with Crippen LogP contribution in [0.1, 0.15) is 74.3 Å². The number of carbonyl (C=O) groups excluding carboxylic acids is 2. The quantitative estimate of drug-likeness (QED) is 0.255. The smallest absolute Gasteiger partial charge is 0.330 e. The van der Waals surface area contributed by atoms with Crippen LogP contribution in [-0.2, 0) is 20.7 Å². The molecule has 1 unspecified atom stereocenters. The maximum absolute atomic E-state index is 16.5. The van der Waals surface area contributed by atoms with Gasteiger partial charge in [-0.15, -0.1) is 0 Å². The van der Waals surface area contributed by atoms with Crippen LogP contribution in [0.4, 0.5) is 10.1 Å². The number of rotatable bonds is 10. The van der Waals surface area contributed by atoms with Crippen LogP contribution in [0, 0.1) is 5.92 Å². The van der Waals surface area contributed by atoms with Gasteiger partial charge in [0, 0.05) is 42.7 Å². The van der Waals surface area contributed by atoms with E-state index in [1.807, 2.05) is 35.0 Å². The van der Waals surface area contributed by atoms with Crippen LogP contribution >= 0.6 is 11.6 Å². The standard InChI is InChI=1S/C32H37ClFN3O5/c1-20(2)37-19-25(24-7-3-4-8-28(24)37)30(39)35-27-14-9-21(17-26(27)33)18-29(38)32(34,36-15-5-6-16-36)42-23-12-10-22(11-13-23)31(40)41/h3-4,7-9,14,17,19-20,22-23H,5-6,10-13,15-16,18H2,1-2H3,(H,35,39)(H,40,41). The number of benzene rings is 2. The van der Waals surface area contributed by atoms with Gasteiger partial charge in [0.1, 0.15) is 0 Å². The minimum atomic E-state index is -2.60. The number of nitrogens with one attached hydrogen (secondary N) is 1. The minimum absolute atomic E-state index is 0.170. The molecule has 1 aliphatic carbocycles. The Morgan fingerprint density at radius 1 is 1.10 bits per heavy atom. The van der Waals surface area contributed by atoms with Crippen LogP contribution in [0.15, 0.2) is 48.7 Å². The van der Waals surface area contributed by atoms with Gasteiger partial charge in [-0.1, -0.05) is 35.9 Å². The summed E-state index contributed by atoms with van der Waals surface area (Å²) < 4.78 is 24.4. The highest BCUT2D eigenvalue weighted by Gasteiger charge is 2.48. The van der Waals surface area contributed by atoms with Gasteiger partial charge in [-0.25, -0.2) is 4.90 Å². The van der Waals surface area contributed by atoms with Crippen LogP contribution in [0.3, 0.4) is 0 Å². The number of fused-ring (bicyclic) bond motifs is 1. The Bertz CT molecular complexity index is 1480. The Hall–Kier alpha value is -3.27. The third-order valence-corrected chi connectivity index (χ3v) is 8.70. The number of para-hydroxylation sites is 1. The Morgan fingerprint density at radius 3 is 2.43 bits per heavy atom. The van der Waals surface area contributed by atoms with Gasteiger partial charge in [-0.2, -0.15) is 4.39 Å². The van der Waals surface area contributed by atoms with Gasteiger partial charge in [0.2, 0.25) is 5.78 Å². The summed E-state index contributed by atoms with van der Waals surface area (Å²) >= 11 is 6.54. The molecule has 2 fully saturated rings. The number of aliphatic carboxylic acids is 1. The minimum Gasteiger partial charge on any atom is -0.481 e. The highest BCUT2D eigenvalue weighted by atomic mass is 35.5. The van der Waals surface area contributed by atoms with Crippen molar-refractivity contribution in [3.63, 3.8) is 0 Å². The molecule has 0 spiro atoms. The Morgan fingerprint density at radius 2 is 1.79 bits per heavy atom. The SMILES string of the molecule is CC(C)n1cc(C(=O)Nc2ccc(CC(=O)C(F)(OC3CCC(C(=O)O)CC3)N3CCCC3)cc2Cl)c2ccccc21. The molecule has 2 aliphatic rings. The molecule has 1 saturated heterocycles. The molecule has 224 valence electrons. The van der Waals surface area contributed by atoms with Crippen LogP contribution in [0.2, 0.25) is 5.02 Å². The number of ether oxygens (including phenoxy) is 1. The molecular weight excluding hydrogens is 561 g/mol. The molecule has 1 saturated carbocycles. The van der Waals surface area contributed by atoms with E-state index in [9.17, 15) is 19.5 Å². The molecule has 10 heteroatoms. The van der Waals surface area contributed by atoms with E-state index in [-0.39, 0.29) is 23.4 Å². The Labute approximate surface area is 249 Å². The van der Waals surface area contributed by atoms with Crippen molar-refractivity contribution in [2.45, 2.75) is 76.9 Å². The lowest BCUT2D eigenvalue weighted by Crippen LogP contribution is -2.54. The number of carbonyl (C=O) groups is 3. The zero-order valence-electron chi connectivity index (χ0n) is 23.9. The largest absolute Gasteiger partial charge is 0.481 e. The fraction of sp³-hybridized carbons (Fsp3) is 0.469. The van der Waals surface area contributed by atoms with Gasteiger partial charge in [0.25, 0.3) is 5.91 Å². The number of nitrogens with zero attached hydrogens (tertiary/aromatic N) is 2. The average molecular weight is 598 g/mol. The summed E-state index contributed by atoms with van der Waals surface area (Å²) in [4.78, 5) is 39.5. The topological polar surface area (TPSA) is 101 Å². The first kappa shape index (κ1) is 30.2. The highest BCUT2D eigenvalue weighted by molar-refractivity contribution is 6.34. The Balaban J connectivity index is 1.29. The molecule has 1 aliphatic heterocycles. The summed E-state index contributed by atoms with van der Waals surface area (Å²) in [7, 11) is 0. The van der Waals surface area contributed by atoms with Crippen molar-refractivity contribution in [3.8, 4) is 0 Å². The first-order valence-electron chi connectivity index (χ1n) is 14.6. The van der Waals surface area contributed by atoms with Crippen molar-refractivity contribution < 1.29 is 28.6 Å². The van der Waals surface area contributed by atoms with Crippen LogP contribution in [-0.4, -0.2) is 57.4 Å². The summed E-state index contributed by atoms with van der Waals surface area (Å²) in [5, 5.41) is 13.2. The lowest BCUT2D eigenvalue weighted by molar-refractivity contribution is -0.252. The summed E-state index contributed by atoms with van der Waals surface area (Å²) in [6.07, 6.45) is 4.16. The summed E-state index contributed by atoms with van der Waals surface area (Å²) in [6.45, 7) is 4.92. The third-order valence-electron chi connectivity index (χ3n) is 8.39. The number of amides is 1. The van der Waals surface area contributed by atoms with E-state index in [2.05, 4.69) is 19.2 Å². The molecule has 2 N–H and O–H groups in total. The number of carboxylic acids is 1. The fourth-order valence-electron chi connectivity index (χ4n) is 6.04. The van der Waals surface area contributed by atoms with E-state index >= 15 is 4.39 Å². The van der Waals surface area contributed by atoms with Gasteiger partial charge in [-0.3, -0.25) is 14.4 Å². The first-order chi connectivity index (χ1) is 20.1. The van der Waals surface area contributed by atoms with E-state index in [1.165, 1.54) is 4.90 Å². The lowest BCUT2D eigenvalue weighted by atomic mass is 9.87. The number of hydrogen-bond acceptors (Lipinski definition) is 5. The van der Waals surface area contributed by atoms with Crippen LogP contribution < -0.4 is 5.32 Å². The summed E-state index contributed by atoms with van der Waals surface area (Å²) in [6, 6.07) is 12.7. The summed E-state index contributed by atoms with van der Waals surface area (Å²) in [5.74, 6) is -4.94. The normalized spacial score (nSPS) is 21.0. The van der Waals surface area contributed by atoms with Gasteiger partial charge in [0.15, 0.2) is 0 Å². The molecular formula is C32H37ClFN3O5. The molecule has 42 heavy (non-hydrogen) atoms. The van der Waals surface area contributed by atoms with Crippen molar-refractivity contribution in [2.24, 2.45) is 5.92 Å². The van der Waals surface area contributed by atoms with Gasteiger partial charge < -0.3 is 19.7 Å². The van der Waals surface area contributed by atoms with Gasteiger partial charge in [-0.05, 0) is 76.1 Å². The van der Waals surface area contributed by atoms with Crippen LogP contribution in [0.5, 0.6) is 0 Å². The maximum atomic E-state index is 16.5. The number of halogens is 2. The van der Waals surface area contributed by atoms with Crippen molar-refractivity contribution in [1.29, 1.82) is 0 Å². The molecule has 0 radical (unpaired) electrons. The van der Waals surface area contributed by atoms with Crippen molar-refractivity contribution in [3.05, 3.63) is 64.8 Å². The first-order valence-corrected chi connectivity index (χ1v) is 15.0. The van der Waals surface area contributed by atoms with E-state index in [0.717, 1.165) is 23.7 Å². The molecule has 0 bridgehead atoms.